The molecule has 0 aliphatic heterocycles. The van der Waals surface area contributed by atoms with Crippen LogP contribution < -0.4 is 0 Å². The van der Waals surface area contributed by atoms with Crippen LogP contribution in [0, 0.1) is 0 Å². The quantitative estimate of drug-likeness (QED) is 0.489. The van der Waals surface area contributed by atoms with E-state index in [9.17, 15) is 0 Å². The van der Waals surface area contributed by atoms with E-state index in [4.69, 9.17) is 16.0 Å². The largest absolute Gasteiger partial charge is 0.415 e. The van der Waals surface area contributed by atoms with Gasteiger partial charge in [0.05, 0.1) is 0 Å². The molecule has 0 aromatic rings. The Kier molecular flexibility index (Phi) is 6.26. The average molecular weight is 223 g/mol. The molecule has 0 amide bonds. The molecule has 80 valence electrons. The highest BCUT2D eigenvalue weighted by atomic mass is 35.5. The van der Waals surface area contributed by atoms with Crippen LogP contribution in [0.2, 0.25) is 11.1 Å². The first-order valence-corrected chi connectivity index (χ1v) is 8.01. The van der Waals surface area contributed by atoms with E-state index in [-0.39, 0.29) is 0 Å². The van der Waals surface area contributed by atoms with Crippen molar-refractivity contribution in [1.29, 1.82) is 0 Å². The molecule has 0 aliphatic rings. The van der Waals surface area contributed by atoms with Gasteiger partial charge in [-0.1, -0.05) is 34.6 Å². The molecule has 0 aromatic heterocycles. The van der Waals surface area contributed by atoms with Crippen molar-refractivity contribution in [2.45, 2.75) is 52.1 Å². The first kappa shape index (κ1) is 13.5. The second-order valence-corrected chi connectivity index (χ2v) is 9.82. The SMILES string of the molecule is CCCO[Si](CCl)(C(C)C)C(C)C. The number of halogens is 1. The monoisotopic (exact) mass is 222 g/mol. The molecule has 0 radical (unpaired) electrons. The van der Waals surface area contributed by atoms with Crippen molar-refractivity contribution in [2.24, 2.45) is 0 Å². The molecule has 0 N–H and O–H groups in total. The Morgan fingerprint density at radius 3 is 1.85 bits per heavy atom. The Bertz CT molecular complexity index is 129. The van der Waals surface area contributed by atoms with Gasteiger partial charge in [-0.2, -0.15) is 0 Å². The van der Waals surface area contributed by atoms with Gasteiger partial charge in [0.2, 0.25) is 8.32 Å². The zero-order chi connectivity index (χ0) is 10.5. The molecule has 0 saturated carbocycles. The van der Waals surface area contributed by atoms with E-state index in [1.807, 2.05) is 0 Å². The Balaban J connectivity index is 4.45. The van der Waals surface area contributed by atoms with Crippen molar-refractivity contribution in [2.75, 3.05) is 12.1 Å². The van der Waals surface area contributed by atoms with Crippen LogP contribution in [-0.4, -0.2) is 20.4 Å². The van der Waals surface area contributed by atoms with Crippen LogP contribution in [0.15, 0.2) is 0 Å². The van der Waals surface area contributed by atoms with Crippen LogP contribution in [0.25, 0.3) is 0 Å². The normalized spacial score (nSPS) is 12.9. The van der Waals surface area contributed by atoms with Crippen molar-refractivity contribution in [3.05, 3.63) is 0 Å². The summed E-state index contributed by atoms with van der Waals surface area (Å²) in [7, 11) is -1.68. The highest BCUT2D eigenvalue weighted by molar-refractivity contribution is 6.82. The third kappa shape index (κ3) is 3.26. The standard InChI is InChI=1S/C10H23ClOSi/c1-6-7-12-13(8-11,9(2)3)10(4)5/h9-10H,6-8H2,1-5H3. The highest BCUT2D eigenvalue weighted by Crippen LogP contribution is 2.34. The van der Waals surface area contributed by atoms with Crippen molar-refractivity contribution >= 4 is 19.9 Å². The fourth-order valence-corrected chi connectivity index (χ4v) is 7.00. The number of hydrogen-bond acceptors (Lipinski definition) is 1. The lowest BCUT2D eigenvalue weighted by atomic mass is 10.5. The third-order valence-corrected chi connectivity index (χ3v) is 9.06. The molecule has 0 atom stereocenters. The fraction of sp³-hybridized carbons (Fsp3) is 1.00. The fourth-order valence-electron chi connectivity index (χ4n) is 1.64. The van der Waals surface area contributed by atoms with E-state index in [0.29, 0.717) is 11.1 Å². The smallest absolute Gasteiger partial charge is 0.212 e. The van der Waals surface area contributed by atoms with Crippen molar-refractivity contribution < 1.29 is 4.43 Å². The Morgan fingerprint density at radius 1 is 1.15 bits per heavy atom. The highest BCUT2D eigenvalue weighted by Gasteiger charge is 2.40. The summed E-state index contributed by atoms with van der Waals surface area (Å²) in [4.78, 5) is 0. The lowest BCUT2D eigenvalue weighted by Gasteiger charge is -2.36. The van der Waals surface area contributed by atoms with E-state index >= 15 is 0 Å². The van der Waals surface area contributed by atoms with Crippen LogP contribution >= 0.6 is 11.6 Å². The van der Waals surface area contributed by atoms with Gasteiger partial charge in [-0.05, 0) is 17.5 Å². The molecule has 0 unspecified atom stereocenters. The van der Waals surface area contributed by atoms with Crippen molar-refractivity contribution in [1.82, 2.24) is 0 Å². The molecular weight excluding hydrogens is 200 g/mol. The van der Waals surface area contributed by atoms with E-state index in [2.05, 4.69) is 34.6 Å². The van der Waals surface area contributed by atoms with Crippen LogP contribution in [-0.2, 0) is 4.43 Å². The lowest BCUT2D eigenvalue weighted by Crippen LogP contribution is -2.47. The molecule has 0 spiro atoms. The zero-order valence-corrected chi connectivity index (χ0v) is 11.3. The van der Waals surface area contributed by atoms with Crippen LogP contribution in [0.1, 0.15) is 41.0 Å². The van der Waals surface area contributed by atoms with E-state index in [1.54, 1.807) is 0 Å². The van der Waals surface area contributed by atoms with Crippen LogP contribution in [0.5, 0.6) is 0 Å². The molecule has 13 heavy (non-hydrogen) atoms. The molecular formula is C10H23ClOSi. The molecule has 0 aromatic carbocycles. The summed E-state index contributed by atoms with van der Waals surface area (Å²) in [5, 5.41) is 0. The van der Waals surface area contributed by atoms with E-state index in [1.165, 1.54) is 0 Å². The Morgan fingerprint density at radius 2 is 1.62 bits per heavy atom. The maximum Gasteiger partial charge on any atom is 0.212 e. The maximum atomic E-state index is 6.09. The third-order valence-electron chi connectivity index (χ3n) is 2.74. The molecule has 0 fully saturated rings. The predicted octanol–water partition coefficient (Wildman–Crippen LogP) is 3.96. The van der Waals surface area contributed by atoms with Gasteiger partial charge in [0.1, 0.15) is 0 Å². The first-order chi connectivity index (χ1) is 6.01. The number of hydrogen-bond donors (Lipinski definition) is 0. The van der Waals surface area contributed by atoms with Crippen molar-refractivity contribution in [3.8, 4) is 0 Å². The number of alkyl halides is 1. The summed E-state index contributed by atoms with van der Waals surface area (Å²) in [6.45, 7) is 12.0. The summed E-state index contributed by atoms with van der Waals surface area (Å²) in [5.74, 6) is 0. The first-order valence-electron chi connectivity index (χ1n) is 5.21. The van der Waals surface area contributed by atoms with Crippen LogP contribution in [0.3, 0.4) is 0 Å². The topological polar surface area (TPSA) is 9.23 Å². The zero-order valence-electron chi connectivity index (χ0n) is 9.56. The summed E-state index contributed by atoms with van der Waals surface area (Å²) in [6.07, 6.45) is 1.09. The molecule has 0 heterocycles. The second kappa shape index (κ2) is 6.05. The van der Waals surface area contributed by atoms with Gasteiger partial charge in [0.15, 0.2) is 0 Å². The van der Waals surface area contributed by atoms with Gasteiger partial charge >= 0.3 is 0 Å². The molecule has 3 heteroatoms. The molecule has 1 nitrogen and oxygen atoms in total. The van der Waals surface area contributed by atoms with Gasteiger partial charge in [-0.3, -0.25) is 0 Å². The predicted molar refractivity (Wildman–Crippen MR) is 62.9 cm³/mol. The summed E-state index contributed by atoms with van der Waals surface area (Å²) in [6, 6.07) is 0. The van der Waals surface area contributed by atoms with Gasteiger partial charge in [0, 0.05) is 12.1 Å². The van der Waals surface area contributed by atoms with Gasteiger partial charge in [0.25, 0.3) is 0 Å². The van der Waals surface area contributed by atoms with Crippen LogP contribution in [0.4, 0.5) is 0 Å². The second-order valence-electron chi connectivity index (χ2n) is 4.25. The van der Waals surface area contributed by atoms with E-state index in [0.717, 1.165) is 18.5 Å². The lowest BCUT2D eigenvalue weighted by molar-refractivity contribution is 0.288. The molecule has 0 bridgehead atoms. The minimum absolute atomic E-state index is 0.608. The Labute approximate surface area is 88.9 Å². The van der Waals surface area contributed by atoms with Gasteiger partial charge in [-0.25, -0.2) is 0 Å². The minimum Gasteiger partial charge on any atom is -0.415 e. The van der Waals surface area contributed by atoms with Crippen molar-refractivity contribution in [3.63, 3.8) is 0 Å². The van der Waals surface area contributed by atoms with Gasteiger partial charge < -0.3 is 4.43 Å². The summed E-state index contributed by atoms with van der Waals surface area (Å²) in [5.41, 5.74) is 1.94. The maximum absolute atomic E-state index is 6.09. The summed E-state index contributed by atoms with van der Waals surface area (Å²) >= 11 is 6.09. The minimum atomic E-state index is -1.68. The van der Waals surface area contributed by atoms with Gasteiger partial charge in [-0.15, -0.1) is 11.6 Å². The Hall–Kier alpha value is 0.467. The summed E-state index contributed by atoms with van der Waals surface area (Å²) < 4.78 is 6.06. The average Bonchev–Trinajstić information content (AvgIpc) is 2.05. The molecule has 0 aliphatic carbocycles. The molecule has 0 saturated heterocycles. The molecule has 0 rings (SSSR count). The van der Waals surface area contributed by atoms with E-state index < -0.39 is 8.32 Å². The number of rotatable bonds is 6.